The number of hydrogen-bond donors (Lipinski definition) is 2. The Morgan fingerprint density at radius 2 is 2.00 bits per heavy atom. The SMILES string of the molecule is Cc1nn(C)c(C)c1CC(C)C(=O)NC1CCC(O)CC1. The van der Waals surface area contributed by atoms with E-state index in [0.717, 1.165) is 43.5 Å². The van der Waals surface area contributed by atoms with E-state index in [4.69, 9.17) is 0 Å². The maximum Gasteiger partial charge on any atom is 0.223 e. The Hall–Kier alpha value is -1.36. The topological polar surface area (TPSA) is 67.2 Å². The van der Waals surface area contributed by atoms with Crippen LogP contribution in [0.4, 0.5) is 0 Å². The van der Waals surface area contributed by atoms with E-state index in [1.807, 2.05) is 32.5 Å². The van der Waals surface area contributed by atoms with Crippen molar-refractivity contribution >= 4 is 5.91 Å². The lowest BCUT2D eigenvalue weighted by atomic mass is 9.92. The van der Waals surface area contributed by atoms with Crippen LogP contribution in [-0.4, -0.2) is 32.9 Å². The number of nitrogens with zero attached hydrogens (tertiary/aromatic N) is 2. The van der Waals surface area contributed by atoms with Gasteiger partial charge in [0.05, 0.1) is 11.8 Å². The molecule has 0 saturated heterocycles. The van der Waals surface area contributed by atoms with Crippen LogP contribution >= 0.6 is 0 Å². The van der Waals surface area contributed by atoms with Gasteiger partial charge in [0, 0.05) is 24.7 Å². The van der Waals surface area contributed by atoms with Crippen LogP contribution in [0.15, 0.2) is 0 Å². The highest BCUT2D eigenvalue weighted by molar-refractivity contribution is 5.79. The summed E-state index contributed by atoms with van der Waals surface area (Å²) < 4.78 is 1.87. The summed E-state index contributed by atoms with van der Waals surface area (Å²) in [5.41, 5.74) is 3.32. The average molecular weight is 293 g/mol. The first-order valence-corrected chi connectivity index (χ1v) is 7.86. The maximum absolute atomic E-state index is 12.3. The van der Waals surface area contributed by atoms with Crippen LogP contribution in [0, 0.1) is 19.8 Å². The zero-order chi connectivity index (χ0) is 15.6. The molecule has 1 saturated carbocycles. The number of rotatable bonds is 4. The summed E-state index contributed by atoms with van der Waals surface area (Å²) in [6.45, 7) is 6.01. The zero-order valence-corrected chi connectivity index (χ0v) is 13.5. The average Bonchev–Trinajstić information content (AvgIpc) is 2.68. The lowest BCUT2D eigenvalue weighted by Crippen LogP contribution is -2.41. The highest BCUT2D eigenvalue weighted by Crippen LogP contribution is 2.20. The largest absolute Gasteiger partial charge is 0.393 e. The van der Waals surface area contributed by atoms with Crippen LogP contribution in [-0.2, 0) is 18.3 Å². The highest BCUT2D eigenvalue weighted by Gasteiger charge is 2.24. The second kappa shape index (κ2) is 6.60. The van der Waals surface area contributed by atoms with E-state index in [1.165, 1.54) is 5.56 Å². The number of carbonyl (C=O) groups excluding carboxylic acids is 1. The molecule has 1 heterocycles. The second-order valence-electron chi connectivity index (χ2n) is 6.39. The smallest absolute Gasteiger partial charge is 0.223 e. The van der Waals surface area contributed by atoms with E-state index in [0.29, 0.717) is 0 Å². The number of amides is 1. The third-order valence-electron chi connectivity index (χ3n) is 4.66. The van der Waals surface area contributed by atoms with Crippen LogP contribution in [0.1, 0.15) is 49.6 Å². The molecule has 0 aromatic carbocycles. The summed E-state index contributed by atoms with van der Waals surface area (Å²) in [5.74, 6) is 0.0532. The van der Waals surface area contributed by atoms with Gasteiger partial charge in [-0.25, -0.2) is 0 Å². The van der Waals surface area contributed by atoms with Gasteiger partial charge in [-0.1, -0.05) is 6.92 Å². The first-order valence-electron chi connectivity index (χ1n) is 7.86. The molecule has 118 valence electrons. The fraction of sp³-hybridized carbons (Fsp3) is 0.750. The number of aliphatic hydroxyl groups excluding tert-OH is 1. The van der Waals surface area contributed by atoms with Gasteiger partial charge >= 0.3 is 0 Å². The van der Waals surface area contributed by atoms with Crippen LogP contribution in [0.25, 0.3) is 0 Å². The summed E-state index contributed by atoms with van der Waals surface area (Å²) in [4.78, 5) is 12.3. The number of aryl methyl sites for hydroxylation is 2. The van der Waals surface area contributed by atoms with E-state index in [2.05, 4.69) is 10.4 Å². The van der Waals surface area contributed by atoms with Gasteiger partial charge in [0.2, 0.25) is 5.91 Å². The molecule has 2 N–H and O–H groups in total. The fourth-order valence-corrected chi connectivity index (χ4v) is 3.08. The minimum absolute atomic E-state index is 0.0570. The Kier molecular flexibility index (Phi) is 5.04. The van der Waals surface area contributed by atoms with Crippen LogP contribution in [0.3, 0.4) is 0 Å². The minimum atomic E-state index is -0.184. The molecule has 1 aliphatic carbocycles. The van der Waals surface area contributed by atoms with E-state index in [9.17, 15) is 9.90 Å². The van der Waals surface area contributed by atoms with Crippen LogP contribution < -0.4 is 5.32 Å². The fourth-order valence-electron chi connectivity index (χ4n) is 3.08. The Morgan fingerprint density at radius 3 is 2.52 bits per heavy atom. The van der Waals surface area contributed by atoms with Gasteiger partial charge in [-0.2, -0.15) is 5.10 Å². The molecular formula is C16H27N3O2. The van der Waals surface area contributed by atoms with Gasteiger partial charge in [-0.3, -0.25) is 9.48 Å². The molecule has 1 aliphatic rings. The van der Waals surface area contributed by atoms with Crippen molar-refractivity contribution in [3.05, 3.63) is 17.0 Å². The summed E-state index contributed by atoms with van der Waals surface area (Å²) in [7, 11) is 1.93. The molecule has 5 heteroatoms. The third kappa shape index (κ3) is 3.84. The Bertz CT molecular complexity index is 502. The number of hydrogen-bond acceptors (Lipinski definition) is 3. The molecule has 2 rings (SSSR count). The quantitative estimate of drug-likeness (QED) is 0.887. The second-order valence-corrected chi connectivity index (χ2v) is 6.39. The van der Waals surface area contributed by atoms with Gasteiger partial charge in [0.1, 0.15) is 0 Å². The number of nitrogens with one attached hydrogen (secondary N) is 1. The van der Waals surface area contributed by atoms with Gasteiger partial charge in [-0.15, -0.1) is 0 Å². The third-order valence-corrected chi connectivity index (χ3v) is 4.66. The lowest BCUT2D eigenvalue weighted by Gasteiger charge is -2.27. The van der Waals surface area contributed by atoms with Gasteiger partial charge < -0.3 is 10.4 Å². The molecule has 1 atom stereocenters. The van der Waals surface area contributed by atoms with Gasteiger partial charge in [-0.05, 0) is 51.5 Å². The van der Waals surface area contributed by atoms with Crippen molar-refractivity contribution in [3.63, 3.8) is 0 Å². The lowest BCUT2D eigenvalue weighted by molar-refractivity contribution is -0.125. The molecule has 0 aliphatic heterocycles. The van der Waals surface area contributed by atoms with Crippen molar-refractivity contribution in [2.75, 3.05) is 0 Å². The summed E-state index contributed by atoms with van der Waals surface area (Å²) in [6, 6.07) is 0.222. The molecule has 1 unspecified atom stereocenters. The van der Waals surface area contributed by atoms with Gasteiger partial charge in [0.25, 0.3) is 0 Å². The Morgan fingerprint density at radius 1 is 1.38 bits per heavy atom. The summed E-state index contributed by atoms with van der Waals surface area (Å²) in [6.07, 6.45) is 3.89. The highest BCUT2D eigenvalue weighted by atomic mass is 16.3. The monoisotopic (exact) mass is 293 g/mol. The van der Waals surface area contributed by atoms with E-state index < -0.39 is 0 Å². The normalized spacial score (nSPS) is 23.9. The first-order chi connectivity index (χ1) is 9.88. The van der Waals surface area contributed by atoms with Crippen molar-refractivity contribution in [1.29, 1.82) is 0 Å². The molecule has 0 bridgehead atoms. The number of aliphatic hydroxyl groups is 1. The molecule has 1 fully saturated rings. The zero-order valence-electron chi connectivity index (χ0n) is 13.5. The standard InChI is InChI=1S/C16H27N3O2/c1-10(9-15-11(2)18-19(4)12(15)3)16(21)17-13-5-7-14(20)8-6-13/h10,13-14,20H,5-9H2,1-4H3,(H,17,21). The molecule has 21 heavy (non-hydrogen) atoms. The maximum atomic E-state index is 12.3. The predicted molar refractivity (Wildman–Crippen MR) is 82.0 cm³/mol. The van der Waals surface area contributed by atoms with E-state index in [-0.39, 0.29) is 24.0 Å². The first kappa shape index (κ1) is 16.0. The molecular weight excluding hydrogens is 266 g/mol. The van der Waals surface area contributed by atoms with Crippen LogP contribution in [0.2, 0.25) is 0 Å². The minimum Gasteiger partial charge on any atom is -0.393 e. The number of carbonyl (C=O) groups is 1. The predicted octanol–water partition coefficient (Wildman–Crippen LogP) is 1.64. The number of aromatic nitrogens is 2. The van der Waals surface area contributed by atoms with Crippen molar-refractivity contribution in [1.82, 2.24) is 15.1 Å². The van der Waals surface area contributed by atoms with Gasteiger partial charge in [0.15, 0.2) is 0 Å². The van der Waals surface area contributed by atoms with Crippen molar-refractivity contribution in [2.45, 2.75) is 65.0 Å². The molecule has 1 aromatic heterocycles. The molecule has 5 nitrogen and oxygen atoms in total. The van der Waals surface area contributed by atoms with Crippen molar-refractivity contribution < 1.29 is 9.90 Å². The summed E-state index contributed by atoms with van der Waals surface area (Å²) >= 11 is 0. The van der Waals surface area contributed by atoms with Crippen molar-refractivity contribution in [3.8, 4) is 0 Å². The van der Waals surface area contributed by atoms with E-state index >= 15 is 0 Å². The summed E-state index contributed by atoms with van der Waals surface area (Å²) in [5, 5.41) is 17.0. The molecule has 1 amide bonds. The molecule has 0 radical (unpaired) electrons. The molecule has 0 spiro atoms. The molecule has 1 aromatic rings. The van der Waals surface area contributed by atoms with Crippen molar-refractivity contribution in [2.24, 2.45) is 13.0 Å². The Balaban J connectivity index is 1.90. The van der Waals surface area contributed by atoms with E-state index in [1.54, 1.807) is 0 Å². The van der Waals surface area contributed by atoms with Crippen LogP contribution in [0.5, 0.6) is 0 Å². The Labute approximate surface area is 126 Å².